The first-order chi connectivity index (χ1) is 8.53. The molecule has 1 atom stereocenters. The first-order valence-electron chi connectivity index (χ1n) is 6.37. The Morgan fingerprint density at radius 1 is 1.44 bits per heavy atom. The summed E-state index contributed by atoms with van der Waals surface area (Å²) in [5.41, 5.74) is 0.753. The molecule has 5 heteroatoms. The molecule has 5 nitrogen and oxygen atoms in total. The summed E-state index contributed by atoms with van der Waals surface area (Å²) in [5, 5.41) is 5.95. The van der Waals surface area contributed by atoms with E-state index in [1.165, 1.54) is 12.6 Å². The van der Waals surface area contributed by atoms with Crippen molar-refractivity contribution in [2.45, 2.75) is 27.2 Å². The molecule has 1 aromatic heterocycles. The van der Waals surface area contributed by atoms with Gasteiger partial charge in [0.1, 0.15) is 11.5 Å². The van der Waals surface area contributed by atoms with Gasteiger partial charge in [0.05, 0.1) is 12.4 Å². The molecule has 1 heterocycles. The lowest BCUT2D eigenvalue weighted by atomic mass is 10.1. The predicted molar refractivity (Wildman–Crippen MR) is 70.4 cm³/mol. The van der Waals surface area contributed by atoms with Crippen molar-refractivity contribution in [3.8, 4) is 0 Å². The van der Waals surface area contributed by atoms with Crippen LogP contribution in [-0.4, -0.2) is 29.0 Å². The zero-order valence-electron chi connectivity index (χ0n) is 11.2. The SMILES string of the molecule is CCNc1cnc(C(=O)NCC2CC2(C)C)cn1. The van der Waals surface area contributed by atoms with Gasteiger partial charge in [-0.3, -0.25) is 4.79 Å². The third kappa shape index (κ3) is 2.97. The topological polar surface area (TPSA) is 66.9 Å². The van der Waals surface area contributed by atoms with Crippen LogP contribution < -0.4 is 10.6 Å². The minimum Gasteiger partial charge on any atom is -0.369 e. The summed E-state index contributed by atoms with van der Waals surface area (Å²) in [6, 6.07) is 0. The molecular weight excluding hydrogens is 228 g/mol. The van der Waals surface area contributed by atoms with Gasteiger partial charge in [-0.25, -0.2) is 9.97 Å². The Morgan fingerprint density at radius 3 is 2.67 bits per heavy atom. The first-order valence-corrected chi connectivity index (χ1v) is 6.37. The number of nitrogens with one attached hydrogen (secondary N) is 2. The van der Waals surface area contributed by atoms with Crippen LogP contribution >= 0.6 is 0 Å². The largest absolute Gasteiger partial charge is 0.369 e. The van der Waals surface area contributed by atoms with Gasteiger partial charge in [0, 0.05) is 13.1 Å². The fourth-order valence-electron chi connectivity index (χ4n) is 1.95. The number of rotatable bonds is 5. The average Bonchev–Trinajstić information content (AvgIpc) is 2.95. The molecule has 1 aromatic rings. The lowest BCUT2D eigenvalue weighted by molar-refractivity contribution is 0.0945. The maximum absolute atomic E-state index is 11.8. The minimum atomic E-state index is -0.145. The van der Waals surface area contributed by atoms with Gasteiger partial charge in [-0.15, -0.1) is 0 Å². The van der Waals surface area contributed by atoms with Crippen LogP contribution in [0, 0.1) is 11.3 Å². The van der Waals surface area contributed by atoms with E-state index in [1.807, 2.05) is 6.92 Å². The van der Waals surface area contributed by atoms with Crippen LogP contribution in [0.3, 0.4) is 0 Å². The van der Waals surface area contributed by atoms with E-state index in [2.05, 4.69) is 34.4 Å². The molecule has 2 rings (SSSR count). The third-order valence-electron chi connectivity index (χ3n) is 3.47. The highest BCUT2D eigenvalue weighted by atomic mass is 16.1. The lowest BCUT2D eigenvalue weighted by Crippen LogP contribution is -2.27. The fourth-order valence-corrected chi connectivity index (χ4v) is 1.95. The van der Waals surface area contributed by atoms with Gasteiger partial charge in [-0.05, 0) is 24.7 Å². The second kappa shape index (κ2) is 4.92. The molecule has 1 aliphatic carbocycles. The molecule has 0 aliphatic heterocycles. The van der Waals surface area contributed by atoms with E-state index < -0.39 is 0 Å². The maximum Gasteiger partial charge on any atom is 0.271 e. The molecule has 18 heavy (non-hydrogen) atoms. The Balaban J connectivity index is 1.85. The third-order valence-corrected chi connectivity index (χ3v) is 3.47. The van der Waals surface area contributed by atoms with E-state index in [4.69, 9.17) is 0 Å². The Morgan fingerprint density at radius 2 is 2.17 bits per heavy atom. The Hall–Kier alpha value is -1.65. The van der Waals surface area contributed by atoms with Crippen LogP contribution in [-0.2, 0) is 0 Å². The number of carbonyl (C=O) groups is 1. The van der Waals surface area contributed by atoms with E-state index in [9.17, 15) is 4.79 Å². The normalized spacial score (nSPS) is 20.3. The summed E-state index contributed by atoms with van der Waals surface area (Å²) in [6.07, 6.45) is 4.27. The number of anilines is 1. The second-order valence-electron chi connectivity index (χ2n) is 5.42. The summed E-state index contributed by atoms with van der Waals surface area (Å²) in [6.45, 7) is 7.93. The maximum atomic E-state index is 11.8. The standard InChI is InChI=1S/C13H20N4O/c1-4-14-11-8-15-10(7-16-11)12(18)17-6-9-5-13(9,2)3/h7-9H,4-6H2,1-3H3,(H,14,16)(H,17,18). The number of hydrogen-bond acceptors (Lipinski definition) is 4. The van der Waals surface area contributed by atoms with Crippen molar-refractivity contribution in [2.24, 2.45) is 11.3 Å². The molecule has 1 saturated carbocycles. The second-order valence-corrected chi connectivity index (χ2v) is 5.42. The van der Waals surface area contributed by atoms with Crippen LogP contribution in [0.5, 0.6) is 0 Å². The molecule has 1 unspecified atom stereocenters. The number of nitrogens with zero attached hydrogens (tertiary/aromatic N) is 2. The Kier molecular flexibility index (Phi) is 3.50. The van der Waals surface area contributed by atoms with Gasteiger partial charge in [0.25, 0.3) is 5.91 Å². The summed E-state index contributed by atoms with van der Waals surface area (Å²) < 4.78 is 0. The van der Waals surface area contributed by atoms with E-state index >= 15 is 0 Å². The van der Waals surface area contributed by atoms with Crippen molar-refractivity contribution in [1.29, 1.82) is 0 Å². The van der Waals surface area contributed by atoms with Crippen LogP contribution in [0.25, 0.3) is 0 Å². The molecule has 1 fully saturated rings. The molecular formula is C13H20N4O. The zero-order chi connectivity index (χ0) is 13.2. The van der Waals surface area contributed by atoms with Gasteiger partial charge < -0.3 is 10.6 Å². The van der Waals surface area contributed by atoms with Crippen LogP contribution in [0.15, 0.2) is 12.4 Å². The lowest BCUT2D eigenvalue weighted by Gasteiger charge is -2.06. The monoisotopic (exact) mass is 248 g/mol. The van der Waals surface area contributed by atoms with Crippen molar-refractivity contribution < 1.29 is 4.79 Å². The molecule has 0 saturated heterocycles. The highest BCUT2D eigenvalue weighted by molar-refractivity contribution is 5.92. The molecule has 0 spiro atoms. The quantitative estimate of drug-likeness (QED) is 0.832. The van der Waals surface area contributed by atoms with Crippen LogP contribution in [0.4, 0.5) is 5.82 Å². The average molecular weight is 248 g/mol. The van der Waals surface area contributed by atoms with Crippen molar-refractivity contribution in [2.75, 3.05) is 18.4 Å². The number of aromatic nitrogens is 2. The predicted octanol–water partition coefficient (Wildman–Crippen LogP) is 1.68. The van der Waals surface area contributed by atoms with Gasteiger partial charge in [0.15, 0.2) is 0 Å². The summed E-state index contributed by atoms with van der Waals surface area (Å²) in [4.78, 5) is 20.0. The van der Waals surface area contributed by atoms with Crippen molar-refractivity contribution in [1.82, 2.24) is 15.3 Å². The van der Waals surface area contributed by atoms with E-state index in [0.29, 0.717) is 22.8 Å². The summed E-state index contributed by atoms with van der Waals surface area (Å²) in [7, 11) is 0. The van der Waals surface area contributed by atoms with Crippen molar-refractivity contribution >= 4 is 11.7 Å². The highest BCUT2D eigenvalue weighted by Gasteiger charge is 2.45. The molecule has 98 valence electrons. The van der Waals surface area contributed by atoms with Crippen LogP contribution in [0.2, 0.25) is 0 Å². The van der Waals surface area contributed by atoms with Crippen molar-refractivity contribution in [3.05, 3.63) is 18.1 Å². The zero-order valence-corrected chi connectivity index (χ0v) is 11.2. The molecule has 2 N–H and O–H groups in total. The minimum absolute atomic E-state index is 0.145. The van der Waals surface area contributed by atoms with E-state index in [0.717, 1.165) is 13.1 Å². The van der Waals surface area contributed by atoms with Crippen molar-refractivity contribution in [3.63, 3.8) is 0 Å². The smallest absolute Gasteiger partial charge is 0.271 e. The highest BCUT2D eigenvalue weighted by Crippen LogP contribution is 2.50. The summed E-state index contributed by atoms with van der Waals surface area (Å²) in [5.74, 6) is 1.14. The van der Waals surface area contributed by atoms with Gasteiger partial charge >= 0.3 is 0 Å². The first kappa shape index (κ1) is 12.8. The molecule has 1 aliphatic rings. The Bertz CT molecular complexity index is 427. The van der Waals surface area contributed by atoms with Gasteiger partial charge in [0.2, 0.25) is 0 Å². The van der Waals surface area contributed by atoms with Crippen LogP contribution in [0.1, 0.15) is 37.7 Å². The fraction of sp³-hybridized carbons (Fsp3) is 0.615. The number of amides is 1. The number of hydrogen-bond donors (Lipinski definition) is 2. The molecule has 0 bridgehead atoms. The molecule has 0 aromatic carbocycles. The van der Waals surface area contributed by atoms with E-state index in [-0.39, 0.29) is 5.91 Å². The van der Waals surface area contributed by atoms with Gasteiger partial charge in [-0.2, -0.15) is 0 Å². The number of carbonyl (C=O) groups excluding carboxylic acids is 1. The van der Waals surface area contributed by atoms with E-state index in [1.54, 1.807) is 6.20 Å². The molecule has 1 amide bonds. The summed E-state index contributed by atoms with van der Waals surface area (Å²) >= 11 is 0. The van der Waals surface area contributed by atoms with Gasteiger partial charge in [-0.1, -0.05) is 13.8 Å². The Labute approximate surface area is 107 Å². The molecule has 0 radical (unpaired) electrons.